The van der Waals surface area contributed by atoms with Gasteiger partial charge in [0.05, 0.1) is 17.6 Å². The van der Waals surface area contributed by atoms with E-state index in [1.165, 1.54) is 60.4 Å². The second-order valence-corrected chi connectivity index (χ2v) is 11.4. The Labute approximate surface area is 220 Å². The molecule has 2 atom stereocenters. The first kappa shape index (κ1) is 26.6. The van der Waals surface area contributed by atoms with E-state index >= 15 is 0 Å². The third-order valence-corrected chi connectivity index (χ3v) is 8.61. The topological polar surface area (TPSA) is 128 Å². The van der Waals surface area contributed by atoms with Crippen molar-refractivity contribution in [3.63, 3.8) is 0 Å². The minimum absolute atomic E-state index is 0.00843. The molecule has 1 saturated heterocycles. The number of carbonyl (C=O) groups is 3. The lowest BCUT2D eigenvalue weighted by molar-refractivity contribution is -0.136. The quantitative estimate of drug-likeness (QED) is 0.438. The number of likely N-dealkylation sites (N-methyl/N-ethyl adjacent to an activating group) is 2. The Morgan fingerprint density at radius 3 is 2.43 bits per heavy atom. The van der Waals surface area contributed by atoms with Gasteiger partial charge >= 0.3 is 5.97 Å². The fourth-order valence-corrected chi connectivity index (χ4v) is 6.59. The summed E-state index contributed by atoms with van der Waals surface area (Å²) in [6, 6.07) is 13.1. The Morgan fingerprint density at radius 2 is 1.76 bits per heavy atom. The average Bonchev–Trinajstić information content (AvgIpc) is 3.29. The predicted octanol–water partition coefficient (Wildman–Crippen LogP) is 2.12. The summed E-state index contributed by atoms with van der Waals surface area (Å²) in [4.78, 5) is 44.1. The number of aromatic carboxylic acids is 1. The number of aromatic nitrogens is 1. The number of carboxylic acids is 1. The van der Waals surface area contributed by atoms with E-state index in [1.807, 2.05) is 0 Å². The van der Waals surface area contributed by atoms with Crippen molar-refractivity contribution in [2.45, 2.75) is 22.6 Å². The molecule has 37 heavy (non-hydrogen) atoms. The predicted molar refractivity (Wildman–Crippen MR) is 141 cm³/mol. The lowest BCUT2D eigenvalue weighted by atomic mass is 10.2. The molecule has 0 spiro atoms. The average molecular weight is 543 g/mol. The van der Waals surface area contributed by atoms with Crippen LogP contribution in [0.5, 0.6) is 0 Å². The van der Waals surface area contributed by atoms with E-state index in [4.69, 9.17) is 5.11 Å². The molecule has 0 bridgehead atoms. The van der Waals surface area contributed by atoms with Crippen molar-refractivity contribution in [1.82, 2.24) is 14.2 Å². The van der Waals surface area contributed by atoms with Crippen molar-refractivity contribution in [3.8, 4) is 0 Å². The molecule has 1 aliphatic rings. The lowest BCUT2D eigenvalue weighted by Crippen LogP contribution is -2.49. The van der Waals surface area contributed by atoms with E-state index in [2.05, 4.69) is 17.6 Å². The van der Waals surface area contributed by atoms with Crippen LogP contribution in [0, 0.1) is 0 Å². The molecule has 0 aliphatic carbocycles. The van der Waals surface area contributed by atoms with Crippen molar-refractivity contribution < 1.29 is 27.9 Å². The summed E-state index contributed by atoms with van der Waals surface area (Å²) < 4.78 is 28.5. The highest BCUT2D eigenvalue weighted by Crippen LogP contribution is 2.32. The van der Waals surface area contributed by atoms with Crippen molar-refractivity contribution in [2.75, 3.05) is 32.1 Å². The van der Waals surface area contributed by atoms with Gasteiger partial charge < -0.3 is 14.9 Å². The highest BCUT2D eigenvalue weighted by atomic mass is 32.2. The van der Waals surface area contributed by atoms with Gasteiger partial charge in [-0.1, -0.05) is 18.2 Å². The van der Waals surface area contributed by atoms with E-state index in [0.29, 0.717) is 16.6 Å². The second-order valence-electron chi connectivity index (χ2n) is 8.81. The number of amides is 2. The minimum Gasteiger partial charge on any atom is -0.478 e. The fraction of sp³-hybridized carbons (Fsp3) is 0.280. The lowest BCUT2D eigenvalue weighted by Gasteiger charge is -2.28. The third-order valence-electron chi connectivity index (χ3n) is 6.33. The third kappa shape index (κ3) is 5.31. The van der Waals surface area contributed by atoms with Crippen LogP contribution in [0.4, 0.5) is 5.69 Å². The Bertz CT molecular complexity index is 1460. The Balaban J connectivity index is 1.53. The van der Waals surface area contributed by atoms with Gasteiger partial charge in [-0.3, -0.25) is 14.6 Å². The zero-order valence-electron chi connectivity index (χ0n) is 20.2. The monoisotopic (exact) mass is 542 g/mol. The Kier molecular flexibility index (Phi) is 7.53. The van der Waals surface area contributed by atoms with Crippen LogP contribution < -0.4 is 4.90 Å². The molecule has 1 aliphatic heterocycles. The molecule has 1 aromatic heterocycles. The molecule has 1 N–H and O–H groups in total. The van der Waals surface area contributed by atoms with E-state index in [1.54, 1.807) is 24.3 Å². The van der Waals surface area contributed by atoms with Crippen LogP contribution in [0.25, 0.3) is 10.9 Å². The molecule has 0 saturated carbocycles. The fourth-order valence-electron chi connectivity index (χ4n) is 4.30. The number of benzene rings is 2. The van der Waals surface area contributed by atoms with Gasteiger partial charge in [0, 0.05) is 43.2 Å². The van der Waals surface area contributed by atoms with Crippen molar-refractivity contribution >= 4 is 57.0 Å². The summed E-state index contributed by atoms with van der Waals surface area (Å²) in [5, 5.41) is 9.36. The van der Waals surface area contributed by atoms with Gasteiger partial charge in [0.15, 0.2) is 0 Å². The Morgan fingerprint density at radius 1 is 1.08 bits per heavy atom. The zero-order chi connectivity index (χ0) is 26.9. The number of thiol groups is 1. The minimum atomic E-state index is -4.09. The maximum atomic E-state index is 13.7. The summed E-state index contributed by atoms with van der Waals surface area (Å²) in [5.41, 5.74) is 0.861. The van der Waals surface area contributed by atoms with Crippen LogP contribution >= 0.6 is 12.6 Å². The SMILES string of the molecule is CN(CC(=O)N(C)c1ccc(C(=O)O)cc1)C(=O)[C@@H]1C[C@@H](S)CN1S(=O)(=O)c1cccc2cccnc12. The molecule has 4 rings (SSSR count). The number of hydrogen-bond donors (Lipinski definition) is 2. The van der Waals surface area contributed by atoms with Gasteiger partial charge in [0.1, 0.15) is 10.9 Å². The number of sulfonamides is 1. The first-order valence-electron chi connectivity index (χ1n) is 11.4. The molecule has 0 radical (unpaired) electrons. The first-order chi connectivity index (χ1) is 17.5. The number of carbonyl (C=O) groups excluding carboxylic acids is 2. The number of para-hydroxylation sites is 1. The number of pyridine rings is 1. The molecule has 10 nitrogen and oxygen atoms in total. The number of anilines is 1. The Hall–Kier alpha value is -3.48. The summed E-state index contributed by atoms with van der Waals surface area (Å²) in [7, 11) is -1.14. The van der Waals surface area contributed by atoms with Gasteiger partial charge in [0.25, 0.3) is 0 Å². The molecule has 2 heterocycles. The molecule has 0 unspecified atom stereocenters. The van der Waals surface area contributed by atoms with Crippen molar-refractivity contribution in [3.05, 3.63) is 66.4 Å². The van der Waals surface area contributed by atoms with Crippen LogP contribution in [0.15, 0.2) is 65.7 Å². The van der Waals surface area contributed by atoms with Crippen LogP contribution in [0.1, 0.15) is 16.8 Å². The van der Waals surface area contributed by atoms with Gasteiger partial charge in [-0.2, -0.15) is 16.9 Å². The maximum absolute atomic E-state index is 13.7. The number of nitrogens with zero attached hydrogens (tertiary/aromatic N) is 4. The van der Waals surface area contributed by atoms with Gasteiger partial charge in [-0.05, 0) is 42.8 Å². The summed E-state index contributed by atoms with van der Waals surface area (Å²) >= 11 is 4.46. The van der Waals surface area contributed by atoms with E-state index < -0.39 is 33.8 Å². The van der Waals surface area contributed by atoms with Crippen LogP contribution in [-0.4, -0.2) is 84.0 Å². The molecule has 12 heteroatoms. The maximum Gasteiger partial charge on any atom is 0.335 e. The van der Waals surface area contributed by atoms with Gasteiger partial charge in [-0.15, -0.1) is 0 Å². The van der Waals surface area contributed by atoms with Crippen molar-refractivity contribution in [1.29, 1.82) is 0 Å². The van der Waals surface area contributed by atoms with Crippen LogP contribution in [0.3, 0.4) is 0 Å². The number of hydrogen-bond acceptors (Lipinski definition) is 7. The highest BCUT2D eigenvalue weighted by Gasteiger charge is 2.44. The van der Waals surface area contributed by atoms with Gasteiger partial charge in [0.2, 0.25) is 21.8 Å². The van der Waals surface area contributed by atoms with Crippen LogP contribution in [-0.2, 0) is 19.6 Å². The largest absolute Gasteiger partial charge is 0.478 e. The standard InChI is InChI=1S/C25H26N4O6S2/c1-27(15-22(30)28(2)18-10-8-17(9-11-18)25(32)33)24(31)20-13-19(36)14-29(20)37(34,35)21-7-3-5-16-6-4-12-26-23(16)21/h3-12,19-20,36H,13-15H2,1-2H3,(H,32,33)/t19-,20+/m1/s1. The zero-order valence-corrected chi connectivity index (χ0v) is 21.9. The molecular weight excluding hydrogens is 516 g/mol. The van der Waals surface area contributed by atoms with Gasteiger partial charge in [-0.25, -0.2) is 13.2 Å². The number of carboxylic acid groups (broad SMARTS) is 1. The molecule has 1 fully saturated rings. The number of rotatable bonds is 7. The molecule has 2 aromatic carbocycles. The second kappa shape index (κ2) is 10.5. The van der Waals surface area contributed by atoms with E-state index in [0.717, 1.165) is 4.31 Å². The smallest absolute Gasteiger partial charge is 0.335 e. The first-order valence-corrected chi connectivity index (χ1v) is 13.3. The number of fused-ring (bicyclic) bond motifs is 1. The highest BCUT2D eigenvalue weighted by molar-refractivity contribution is 7.89. The molecule has 2 amide bonds. The summed E-state index contributed by atoms with van der Waals surface area (Å²) in [6.45, 7) is -0.254. The summed E-state index contributed by atoms with van der Waals surface area (Å²) in [6.07, 6.45) is 1.71. The normalized spacial score (nSPS) is 18.0. The molecular formula is C25H26N4O6S2. The molecule has 3 aromatic rings. The van der Waals surface area contributed by atoms with E-state index in [9.17, 15) is 22.8 Å². The molecule has 194 valence electrons. The van der Waals surface area contributed by atoms with Crippen molar-refractivity contribution in [2.24, 2.45) is 0 Å². The summed E-state index contributed by atoms with van der Waals surface area (Å²) in [5.74, 6) is -2.02. The van der Waals surface area contributed by atoms with E-state index in [-0.39, 0.29) is 35.2 Å². The van der Waals surface area contributed by atoms with Crippen LogP contribution in [0.2, 0.25) is 0 Å².